The van der Waals surface area contributed by atoms with Crippen LogP contribution in [0.2, 0.25) is 0 Å². The molecule has 2 heterocycles. The number of nitrogens with zero attached hydrogens (tertiary/aromatic N) is 2. The first-order chi connectivity index (χ1) is 10.3. The number of nitrogens with one attached hydrogen (secondary N) is 2. The molecular weight excluding hydrogens is 297 g/mol. The van der Waals surface area contributed by atoms with Gasteiger partial charge in [-0.05, 0) is 18.9 Å². The van der Waals surface area contributed by atoms with Crippen molar-refractivity contribution in [1.29, 1.82) is 0 Å². The number of aromatic nitrogens is 2. The van der Waals surface area contributed by atoms with E-state index in [1.54, 1.807) is 0 Å². The van der Waals surface area contributed by atoms with E-state index in [-0.39, 0.29) is 23.9 Å². The first-order valence-electron chi connectivity index (χ1n) is 7.43. The van der Waals surface area contributed by atoms with Gasteiger partial charge >= 0.3 is 6.18 Å². The molecule has 1 aromatic rings. The molecule has 2 fully saturated rings. The molecular formula is C14H19F3N4O. The van der Waals surface area contributed by atoms with Crippen molar-refractivity contribution in [3.05, 3.63) is 17.5 Å². The molecule has 1 unspecified atom stereocenters. The first-order valence-corrected chi connectivity index (χ1v) is 7.43. The standard InChI is InChI=1S/C14H19F3N4O/c1-21-9(6-10(20-21)14(15,16)17)7-18-12(22)11-13(8-19-11)4-2-3-5-13/h6,11,19H,2-5,7-8H2,1H3,(H,18,22). The lowest BCUT2D eigenvalue weighted by molar-refractivity contribution is -0.141. The maximum Gasteiger partial charge on any atom is 0.435 e. The second-order valence-electron chi connectivity index (χ2n) is 6.24. The Morgan fingerprint density at radius 2 is 2.18 bits per heavy atom. The summed E-state index contributed by atoms with van der Waals surface area (Å²) in [6, 6.07) is 0.755. The predicted molar refractivity (Wildman–Crippen MR) is 72.7 cm³/mol. The van der Waals surface area contributed by atoms with Gasteiger partial charge in [-0.1, -0.05) is 12.8 Å². The molecule has 1 aromatic heterocycles. The van der Waals surface area contributed by atoms with E-state index in [4.69, 9.17) is 0 Å². The molecule has 8 heteroatoms. The van der Waals surface area contributed by atoms with Crippen molar-refractivity contribution < 1.29 is 18.0 Å². The van der Waals surface area contributed by atoms with E-state index in [9.17, 15) is 18.0 Å². The van der Waals surface area contributed by atoms with Gasteiger partial charge in [-0.15, -0.1) is 0 Å². The molecule has 3 rings (SSSR count). The Kier molecular flexibility index (Phi) is 3.66. The Labute approximate surface area is 126 Å². The molecule has 122 valence electrons. The van der Waals surface area contributed by atoms with Crippen molar-refractivity contribution in [2.45, 2.75) is 44.4 Å². The topological polar surface area (TPSA) is 59.0 Å². The van der Waals surface area contributed by atoms with Gasteiger partial charge < -0.3 is 10.6 Å². The Bertz CT molecular complexity index is 575. The summed E-state index contributed by atoms with van der Waals surface area (Å²) in [5, 5.41) is 9.31. The van der Waals surface area contributed by atoms with Crippen molar-refractivity contribution in [3.63, 3.8) is 0 Å². The van der Waals surface area contributed by atoms with Crippen LogP contribution in [0.4, 0.5) is 13.2 Å². The van der Waals surface area contributed by atoms with Crippen LogP contribution in [-0.4, -0.2) is 28.3 Å². The number of hydrogen-bond acceptors (Lipinski definition) is 3. The third kappa shape index (κ3) is 2.60. The molecule has 1 aliphatic carbocycles. The number of rotatable bonds is 3. The van der Waals surface area contributed by atoms with Gasteiger partial charge in [0.05, 0.1) is 18.3 Å². The second kappa shape index (κ2) is 5.26. The van der Waals surface area contributed by atoms with Crippen molar-refractivity contribution in [2.75, 3.05) is 6.54 Å². The molecule has 2 N–H and O–H groups in total. The minimum atomic E-state index is -4.47. The van der Waals surface area contributed by atoms with Gasteiger partial charge in [-0.3, -0.25) is 9.48 Å². The van der Waals surface area contributed by atoms with Crippen LogP contribution in [0.15, 0.2) is 6.07 Å². The Balaban J connectivity index is 1.61. The molecule has 1 amide bonds. The van der Waals surface area contributed by atoms with Gasteiger partial charge in [0.25, 0.3) is 0 Å². The maximum absolute atomic E-state index is 12.6. The number of halogens is 3. The number of amides is 1. The van der Waals surface area contributed by atoms with E-state index in [2.05, 4.69) is 15.7 Å². The highest BCUT2D eigenvalue weighted by Crippen LogP contribution is 2.45. The summed E-state index contributed by atoms with van der Waals surface area (Å²) in [5.74, 6) is -0.136. The Morgan fingerprint density at radius 1 is 1.50 bits per heavy atom. The van der Waals surface area contributed by atoms with Crippen LogP contribution in [0, 0.1) is 5.41 Å². The molecule has 1 saturated heterocycles. The largest absolute Gasteiger partial charge is 0.435 e. The van der Waals surface area contributed by atoms with Crippen LogP contribution in [0.25, 0.3) is 0 Å². The smallest absolute Gasteiger partial charge is 0.349 e. The molecule has 22 heavy (non-hydrogen) atoms. The minimum Gasteiger partial charge on any atom is -0.349 e. The van der Waals surface area contributed by atoms with Crippen molar-refractivity contribution in [1.82, 2.24) is 20.4 Å². The molecule has 0 aromatic carbocycles. The molecule has 0 bridgehead atoms. The molecule has 5 nitrogen and oxygen atoms in total. The summed E-state index contributed by atoms with van der Waals surface area (Å²) < 4.78 is 39.0. The van der Waals surface area contributed by atoms with Crippen molar-refractivity contribution >= 4 is 5.91 Å². The Hall–Kier alpha value is -1.57. The highest BCUT2D eigenvalue weighted by atomic mass is 19.4. The monoisotopic (exact) mass is 316 g/mol. The fourth-order valence-corrected chi connectivity index (χ4v) is 3.50. The molecule has 1 atom stereocenters. The SMILES string of the molecule is Cn1nc(C(F)(F)F)cc1CNC(=O)C1NCC12CCCC2. The third-order valence-corrected chi connectivity index (χ3v) is 4.84. The summed E-state index contributed by atoms with van der Waals surface area (Å²) in [4.78, 5) is 12.2. The van der Waals surface area contributed by atoms with Gasteiger partial charge in [-0.2, -0.15) is 18.3 Å². The lowest BCUT2D eigenvalue weighted by atomic mass is 9.71. The summed E-state index contributed by atoms with van der Waals surface area (Å²) >= 11 is 0. The Morgan fingerprint density at radius 3 is 2.68 bits per heavy atom. The van der Waals surface area contributed by atoms with Crippen LogP contribution < -0.4 is 10.6 Å². The minimum absolute atomic E-state index is 0.0483. The molecule has 2 aliphatic rings. The van der Waals surface area contributed by atoms with Gasteiger partial charge in [0.1, 0.15) is 0 Å². The van der Waals surface area contributed by atoms with Crippen LogP contribution in [0.1, 0.15) is 37.1 Å². The molecule has 1 aliphatic heterocycles. The summed E-state index contributed by atoms with van der Waals surface area (Å²) in [7, 11) is 1.44. The van der Waals surface area contributed by atoms with Gasteiger partial charge in [-0.25, -0.2) is 0 Å². The van der Waals surface area contributed by atoms with E-state index in [0.717, 1.165) is 43.0 Å². The zero-order chi connectivity index (χ0) is 16.0. The quantitative estimate of drug-likeness (QED) is 0.890. The number of alkyl halides is 3. The molecule has 1 spiro atoms. The van der Waals surface area contributed by atoms with Crippen molar-refractivity contribution in [3.8, 4) is 0 Å². The number of hydrogen-bond donors (Lipinski definition) is 2. The molecule has 0 radical (unpaired) electrons. The van der Waals surface area contributed by atoms with Gasteiger partial charge in [0, 0.05) is 19.0 Å². The number of carbonyl (C=O) groups is 1. The number of aryl methyl sites for hydroxylation is 1. The lowest BCUT2D eigenvalue weighted by Gasteiger charge is -2.47. The van der Waals surface area contributed by atoms with Crippen LogP contribution in [-0.2, 0) is 24.6 Å². The highest BCUT2D eigenvalue weighted by molar-refractivity contribution is 5.84. The summed E-state index contributed by atoms with van der Waals surface area (Å²) in [5.41, 5.74) is -0.540. The normalized spacial score (nSPS) is 23.5. The van der Waals surface area contributed by atoms with Gasteiger partial charge in [0.2, 0.25) is 5.91 Å². The lowest BCUT2D eigenvalue weighted by Crippen LogP contribution is -2.67. The van der Waals surface area contributed by atoms with Crippen molar-refractivity contribution in [2.24, 2.45) is 12.5 Å². The zero-order valence-corrected chi connectivity index (χ0v) is 12.3. The maximum atomic E-state index is 12.6. The fourth-order valence-electron chi connectivity index (χ4n) is 3.50. The number of carbonyl (C=O) groups excluding carboxylic acids is 1. The summed E-state index contributed by atoms with van der Waals surface area (Å²) in [6.07, 6.45) is -0.0994. The summed E-state index contributed by atoms with van der Waals surface area (Å²) in [6.45, 7) is 0.904. The third-order valence-electron chi connectivity index (χ3n) is 4.84. The van der Waals surface area contributed by atoms with E-state index in [1.807, 2.05) is 0 Å². The van der Waals surface area contributed by atoms with Crippen LogP contribution in [0.3, 0.4) is 0 Å². The average molecular weight is 316 g/mol. The fraction of sp³-hybridized carbons (Fsp3) is 0.714. The average Bonchev–Trinajstić information content (AvgIpc) is 3.02. The van der Waals surface area contributed by atoms with E-state index in [0.29, 0.717) is 5.69 Å². The van der Waals surface area contributed by atoms with Crippen LogP contribution in [0.5, 0.6) is 0 Å². The van der Waals surface area contributed by atoms with E-state index >= 15 is 0 Å². The molecule has 1 saturated carbocycles. The zero-order valence-electron chi connectivity index (χ0n) is 12.3. The second-order valence-corrected chi connectivity index (χ2v) is 6.24. The predicted octanol–water partition coefficient (Wildman–Crippen LogP) is 1.59. The van der Waals surface area contributed by atoms with Gasteiger partial charge in [0.15, 0.2) is 5.69 Å². The highest BCUT2D eigenvalue weighted by Gasteiger charge is 2.51. The van der Waals surface area contributed by atoms with Crippen LogP contribution >= 0.6 is 0 Å². The van der Waals surface area contributed by atoms with E-state index < -0.39 is 11.9 Å². The first kappa shape index (κ1) is 15.3. The van der Waals surface area contributed by atoms with E-state index in [1.165, 1.54) is 7.05 Å².